The summed E-state index contributed by atoms with van der Waals surface area (Å²) in [4.78, 5) is 32.2. The van der Waals surface area contributed by atoms with Crippen molar-refractivity contribution < 1.29 is 23.8 Å². The molecule has 1 atom stereocenters. The van der Waals surface area contributed by atoms with E-state index in [2.05, 4.69) is 25.2 Å². The largest absolute Gasteiger partial charge is 0.464 e. The highest BCUT2D eigenvalue weighted by Gasteiger charge is 2.48. The van der Waals surface area contributed by atoms with Crippen molar-refractivity contribution in [1.82, 2.24) is 10.4 Å². The van der Waals surface area contributed by atoms with Gasteiger partial charge in [0.1, 0.15) is 5.69 Å². The minimum Gasteiger partial charge on any atom is -0.464 e. The van der Waals surface area contributed by atoms with Crippen molar-refractivity contribution in [2.75, 3.05) is 20.8 Å². The standard InChI is InChI=1S/C14H16N4O5/c1-4-23-14(9-7-5-6-8-15-9)10(12(19)21-2)17-18-11(16-14)13(20)22-3/h5-8H,4H2,1-3H3,(H,16,18). The number of aromatic nitrogens is 1. The molecule has 0 spiro atoms. The SMILES string of the molecule is CCOC1(c2ccccn2)N=C(C(=O)OC)NN=C1C(=O)OC. The second kappa shape index (κ2) is 6.97. The maximum Gasteiger partial charge on any atom is 0.375 e. The summed E-state index contributed by atoms with van der Waals surface area (Å²) in [6.07, 6.45) is 1.51. The van der Waals surface area contributed by atoms with E-state index in [0.717, 1.165) is 0 Å². The minimum absolute atomic E-state index is 0.173. The maximum atomic E-state index is 12.1. The molecule has 9 heteroatoms. The van der Waals surface area contributed by atoms with E-state index in [-0.39, 0.29) is 23.8 Å². The fourth-order valence-electron chi connectivity index (χ4n) is 2.01. The van der Waals surface area contributed by atoms with Crippen LogP contribution in [0.1, 0.15) is 12.6 Å². The van der Waals surface area contributed by atoms with Crippen LogP contribution in [0.25, 0.3) is 0 Å². The predicted molar refractivity (Wildman–Crippen MR) is 79.6 cm³/mol. The zero-order valence-electron chi connectivity index (χ0n) is 12.9. The van der Waals surface area contributed by atoms with Crippen LogP contribution in [0, 0.1) is 0 Å². The molecule has 0 bridgehead atoms. The van der Waals surface area contributed by atoms with Gasteiger partial charge in [0, 0.05) is 12.8 Å². The number of hydrazone groups is 1. The van der Waals surface area contributed by atoms with Crippen molar-refractivity contribution in [3.63, 3.8) is 0 Å². The number of ether oxygens (including phenoxy) is 3. The Morgan fingerprint density at radius 1 is 1.22 bits per heavy atom. The molecule has 122 valence electrons. The average Bonchev–Trinajstić information content (AvgIpc) is 2.61. The van der Waals surface area contributed by atoms with E-state index in [4.69, 9.17) is 9.47 Å². The van der Waals surface area contributed by atoms with Crippen LogP contribution in [0.4, 0.5) is 0 Å². The third kappa shape index (κ3) is 3.04. The predicted octanol–water partition coefficient (Wildman–Crippen LogP) is -0.0254. The van der Waals surface area contributed by atoms with E-state index < -0.39 is 17.7 Å². The van der Waals surface area contributed by atoms with Crippen molar-refractivity contribution in [2.24, 2.45) is 10.1 Å². The van der Waals surface area contributed by atoms with Crippen molar-refractivity contribution in [3.05, 3.63) is 30.1 Å². The molecule has 0 fully saturated rings. The van der Waals surface area contributed by atoms with Gasteiger partial charge < -0.3 is 14.2 Å². The molecule has 0 saturated heterocycles. The van der Waals surface area contributed by atoms with Gasteiger partial charge in [0.15, 0.2) is 0 Å². The number of nitrogens with zero attached hydrogens (tertiary/aromatic N) is 3. The Hall–Kier alpha value is -2.81. The number of methoxy groups -OCH3 is 2. The Labute approximate surface area is 132 Å². The number of carbonyl (C=O) groups excluding carboxylic acids is 2. The van der Waals surface area contributed by atoms with E-state index in [1.165, 1.54) is 20.4 Å². The van der Waals surface area contributed by atoms with Gasteiger partial charge >= 0.3 is 11.9 Å². The number of rotatable bonds is 5. The van der Waals surface area contributed by atoms with Gasteiger partial charge in [-0.3, -0.25) is 10.4 Å². The molecular weight excluding hydrogens is 304 g/mol. The first-order valence-corrected chi connectivity index (χ1v) is 6.75. The van der Waals surface area contributed by atoms with Crippen LogP contribution in [-0.4, -0.2) is 49.3 Å². The zero-order chi connectivity index (χ0) is 16.9. The number of nitrogens with one attached hydrogen (secondary N) is 1. The monoisotopic (exact) mass is 320 g/mol. The summed E-state index contributed by atoms with van der Waals surface area (Å²) in [5.41, 5.74) is 0.789. The summed E-state index contributed by atoms with van der Waals surface area (Å²) < 4.78 is 15.0. The number of pyridine rings is 1. The lowest BCUT2D eigenvalue weighted by Crippen LogP contribution is -2.50. The zero-order valence-corrected chi connectivity index (χ0v) is 12.9. The van der Waals surface area contributed by atoms with Gasteiger partial charge in [-0.05, 0) is 19.1 Å². The van der Waals surface area contributed by atoms with E-state index in [1.807, 2.05) is 0 Å². The van der Waals surface area contributed by atoms with Gasteiger partial charge in [-0.25, -0.2) is 14.6 Å². The van der Waals surface area contributed by atoms with Crippen molar-refractivity contribution in [2.45, 2.75) is 12.6 Å². The fourth-order valence-corrected chi connectivity index (χ4v) is 2.01. The van der Waals surface area contributed by atoms with Crippen molar-refractivity contribution >= 4 is 23.5 Å². The molecule has 1 aliphatic rings. The number of carbonyl (C=O) groups is 2. The van der Waals surface area contributed by atoms with Gasteiger partial charge in [0.05, 0.1) is 14.2 Å². The first-order chi connectivity index (χ1) is 11.1. The van der Waals surface area contributed by atoms with Crippen LogP contribution < -0.4 is 5.43 Å². The third-order valence-corrected chi connectivity index (χ3v) is 2.99. The third-order valence-electron chi connectivity index (χ3n) is 2.99. The summed E-state index contributed by atoms with van der Waals surface area (Å²) in [6.45, 7) is 1.90. The Morgan fingerprint density at radius 3 is 2.52 bits per heavy atom. The van der Waals surface area contributed by atoms with Crippen LogP contribution >= 0.6 is 0 Å². The molecule has 0 aliphatic carbocycles. The molecule has 1 N–H and O–H groups in total. The van der Waals surface area contributed by atoms with Gasteiger partial charge in [0.2, 0.25) is 11.5 Å². The fraction of sp³-hybridized carbons (Fsp3) is 0.357. The number of esters is 2. The highest BCUT2D eigenvalue weighted by atomic mass is 16.5. The second-order valence-corrected chi connectivity index (χ2v) is 4.31. The number of hydrogen-bond donors (Lipinski definition) is 1. The van der Waals surface area contributed by atoms with Gasteiger partial charge in [-0.1, -0.05) is 6.07 Å². The van der Waals surface area contributed by atoms with Crippen LogP contribution in [0.15, 0.2) is 34.5 Å². The Balaban J connectivity index is 2.64. The van der Waals surface area contributed by atoms with Crippen LogP contribution in [0.5, 0.6) is 0 Å². The molecule has 0 amide bonds. The molecule has 0 saturated carbocycles. The maximum absolute atomic E-state index is 12.1. The topological polar surface area (TPSA) is 111 Å². The summed E-state index contributed by atoms with van der Waals surface area (Å²) in [5, 5.41) is 3.89. The Bertz CT molecular complexity index is 658. The summed E-state index contributed by atoms with van der Waals surface area (Å²) in [7, 11) is 2.41. The molecule has 1 aliphatic heterocycles. The first-order valence-electron chi connectivity index (χ1n) is 6.75. The molecule has 0 radical (unpaired) electrons. The van der Waals surface area contributed by atoms with Crippen LogP contribution in [0.2, 0.25) is 0 Å². The van der Waals surface area contributed by atoms with Gasteiger partial charge in [0.25, 0.3) is 5.72 Å². The quantitative estimate of drug-likeness (QED) is 0.758. The van der Waals surface area contributed by atoms with Crippen molar-refractivity contribution in [1.29, 1.82) is 0 Å². The Kier molecular flexibility index (Phi) is 5.02. The lowest BCUT2D eigenvalue weighted by atomic mass is 10.0. The molecule has 23 heavy (non-hydrogen) atoms. The normalized spacial score (nSPS) is 20.0. The molecule has 0 aromatic carbocycles. The second-order valence-electron chi connectivity index (χ2n) is 4.31. The van der Waals surface area contributed by atoms with Crippen LogP contribution in [0.3, 0.4) is 0 Å². The van der Waals surface area contributed by atoms with Crippen molar-refractivity contribution in [3.8, 4) is 0 Å². The summed E-state index contributed by atoms with van der Waals surface area (Å²) in [6, 6.07) is 5.01. The molecule has 1 aromatic heterocycles. The smallest absolute Gasteiger partial charge is 0.375 e. The lowest BCUT2D eigenvalue weighted by Gasteiger charge is -2.31. The van der Waals surface area contributed by atoms with E-state index in [9.17, 15) is 9.59 Å². The molecule has 1 unspecified atom stereocenters. The Morgan fingerprint density at radius 2 is 1.96 bits per heavy atom. The van der Waals surface area contributed by atoms with E-state index in [0.29, 0.717) is 0 Å². The number of aliphatic imine (C=N–C) groups is 1. The summed E-state index contributed by atoms with van der Waals surface area (Å²) >= 11 is 0. The first kappa shape index (κ1) is 16.6. The highest BCUT2D eigenvalue weighted by molar-refractivity contribution is 6.43. The highest BCUT2D eigenvalue weighted by Crippen LogP contribution is 2.30. The molecule has 1 aromatic rings. The van der Waals surface area contributed by atoms with E-state index >= 15 is 0 Å². The molecule has 9 nitrogen and oxygen atoms in total. The average molecular weight is 320 g/mol. The summed E-state index contributed by atoms with van der Waals surface area (Å²) in [5.74, 6) is -1.72. The van der Waals surface area contributed by atoms with Gasteiger partial charge in [-0.2, -0.15) is 5.10 Å². The minimum atomic E-state index is -1.70. The van der Waals surface area contributed by atoms with E-state index in [1.54, 1.807) is 25.1 Å². The lowest BCUT2D eigenvalue weighted by molar-refractivity contribution is -0.135. The number of amidine groups is 1. The van der Waals surface area contributed by atoms with Crippen LogP contribution in [-0.2, 0) is 29.5 Å². The molecular formula is C14H16N4O5. The number of hydrogen-bond acceptors (Lipinski definition) is 9. The molecule has 2 rings (SSSR count). The molecule has 2 heterocycles. The van der Waals surface area contributed by atoms with Gasteiger partial charge in [-0.15, -0.1) is 0 Å².